The zero-order valence-corrected chi connectivity index (χ0v) is 14.9. The van der Waals surface area contributed by atoms with Crippen LogP contribution in [-0.2, 0) is 4.57 Å². The van der Waals surface area contributed by atoms with Gasteiger partial charge in [-0.05, 0) is 55.0 Å². The van der Waals surface area contributed by atoms with Gasteiger partial charge in [0.25, 0.3) is 0 Å². The smallest absolute Gasteiger partial charge is 0.338 e. The molecule has 0 aliphatic rings. The largest absolute Gasteiger partial charge is 0.494 e. The van der Waals surface area contributed by atoms with Gasteiger partial charge in [0.15, 0.2) is 0 Å². The van der Waals surface area contributed by atoms with Crippen molar-refractivity contribution in [2.45, 2.75) is 19.8 Å². The monoisotopic (exact) mass is 353 g/mol. The van der Waals surface area contributed by atoms with Gasteiger partial charge in [-0.15, -0.1) is 0 Å². The molecule has 0 aromatic heterocycles. The molecule has 0 radical (unpaired) electrons. The molecule has 0 heterocycles. The minimum Gasteiger partial charge on any atom is -0.494 e. The Balaban J connectivity index is 1.94. The van der Waals surface area contributed by atoms with Gasteiger partial charge in [-0.3, -0.25) is 4.57 Å². The maximum Gasteiger partial charge on any atom is 0.338 e. The Morgan fingerprint density at radius 1 is 1.04 bits per heavy atom. The third kappa shape index (κ3) is 6.17. The zero-order chi connectivity index (χ0) is 16.7. The van der Waals surface area contributed by atoms with Crippen LogP contribution in [0.1, 0.15) is 19.8 Å². The van der Waals surface area contributed by atoms with Crippen molar-refractivity contribution < 1.29 is 13.8 Å². The third-order valence-electron chi connectivity index (χ3n) is 3.05. The van der Waals surface area contributed by atoms with Gasteiger partial charge in [-0.1, -0.05) is 24.9 Å². The van der Waals surface area contributed by atoms with E-state index in [0.717, 1.165) is 18.6 Å². The molecule has 0 bridgehead atoms. The minimum absolute atomic E-state index is 0.507. The summed E-state index contributed by atoms with van der Waals surface area (Å²) in [6.45, 7) is 4.36. The van der Waals surface area contributed by atoms with E-state index in [1.807, 2.05) is 24.3 Å². The highest BCUT2D eigenvalue weighted by atomic mass is 35.5. The molecular weight excluding hydrogens is 333 g/mol. The Labute approximate surface area is 142 Å². The number of unbranched alkanes of at least 4 members (excludes halogenated alkanes) is 1. The molecule has 0 spiro atoms. The van der Waals surface area contributed by atoms with Crippen LogP contribution >= 0.6 is 19.1 Å². The van der Waals surface area contributed by atoms with Gasteiger partial charge in [-0.2, -0.15) is 0 Å². The van der Waals surface area contributed by atoms with Crippen molar-refractivity contribution in [3.63, 3.8) is 0 Å². The SMILES string of the molecule is CCCCOc1ccc(NP(C)(=O)Oc2ccc(Cl)cc2)cc1. The number of ether oxygens (including phenoxy) is 1. The molecule has 0 aliphatic heterocycles. The van der Waals surface area contributed by atoms with E-state index in [4.69, 9.17) is 20.9 Å². The molecule has 6 heteroatoms. The lowest BCUT2D eigenvalue weighted by Crippen LogP contribution is -2.02. The molecule has 2 rings (SSSR count). The van der Waals surface area contributed by atoms with Gasteiger partial charge in [0.1, 0.15) is 11.5 Å². The van der Waals surface area contributed by atoms with E-state index < -0.39 is 7.52 Å². The fraction of sp³-hybridized carbons (Fsp3) is 0.294. The first-order valence-electron chi connectivity index (χ1n) is 7.52. The molecule has 0 saturated carbocycles. The first kappa shape index (κ1) is 17.7. The molecule has 2 aromatic carbocycles. The van der Waals surface area contributed by atoms with Crippen molar-refractivity contribution in [2.75, 3.05) is 18.4 Å². The van der Waals surface area contributed by atoms with Crippen molar-refractivity contribution >= 4 is 24.8 Å². The van der Waals surface area contributed by atoms with E-state index in [1.165, 1.54) is 6.66 Å². The van der Waals surface area contributed by atoms with Crippen molar-refractivity contribution in [2.24, 2.45) is 0 Å². The molecule has 1 N–H and O–H groups in total. The summed E-state index contributed by atoms with van der Waals surface area (Å²) < 4.78 is 23.7. The van der Waals surface area contributed by atoms with E-state index in [2.05, 4.69) is 12.0 Å². The second kappa shape index (κ2) is 8.28. The summed E-state index contributed by atoms with van der Waals surface area (Å²) >= 11 is 5.82. The summed E-state index contributed by atoms with van der Waals surface area (Å²) in [6, 6.07) is 14.1. The number of anilines is 1. The predicted octanol–water partition coefficient (Wildman–Crippen LogP) is 5.83. The summed E-state index contributed by atoms with van der Waals surface area (Å²) in [7, 11) is -3.03. The second-order valence-corrected chi connectivity index (χ2v) is 7.76. The van der Waals surface area contributed by atoms with Crippen LogP contribution in [0.5, 0.6) is 11.5 Å². The van der Waals surface area contributed by atoms with Gasteiger partial charge in [0, 0.05) is 17.4 Å². The van der Waals surface area contributed by atoms with Crippen LogP contribution in [0.3, 0.4) is 0 Å². The summed E-state index contributed by atoms with van der Waals surface area (Å²) in [4.78, 5) is 0. The molecular formula is C17H21ClNO3P. The van der Waals surface area contributed by atoms with E-state index in [0.29, 0.717) is 23.1 Å². The van der Waals surface area contributed by atoms with Crippen LogP contribution in [0.2, 0.25) is 5.02 Å². The number of halogens is 1. The fourth-order valence-electron chi connectivity index (χ4n) is 1.91. The van der Waals surface area contributed by atoms with Crippen molar-refractivity contribution in [1.29, 1.82) is 0 Å². The summed E-state index contributed by atoms with van der Waals surface area (Å²) in [5, 5.41) is 3.53. The molecule has 0 aliphatic carbocycles. The molecule has 1 unspecified atom stereocenters. The lowest BCUT2D eigenvalue weighted by molar-refractivity contribution is 0.309. The number of benzene rings is 2. The van der Waals surface area contributed by atoms with Crippen LogP contribution < -0.4 is 14.3 Å². The van der Waals surface area contributed by atoms with Gasteiger partial charge in [0.05, 0.1) is 6.61 Å². The highest BCUT2D eigenvalue weighted by Crippen LogP contribution is 2.43. The summed E-state index contributed by atoms with van der Waals surface area (Å²) in [5.41, 5.74) is 0.715. The normalized spacial score (nSPS) is 13.2. The molecule has 2 aromatic rings. The van der Waals surface area contributed by atoms with E-state index in [-0.39, 0.29) is 0 Å². The van der Waals surface area contributed by atoms with Crippen LogP contribution in [0.4, 0.5) is 5.69 Å². The van der Waals surface area contributed by atoms with Gasteiger partial charge >= 0.3 is 7.52 Å². The first-order chi connectivity index (χ1) is 11.0. The molecule has 1 atom stereocenters. The van der Waals surface area contributed by atoms with E-state index >= 15 is 0 Å². The average molecular weight is 354 g/mol. The lowest BCUT2D eigenvalue weighted by Gasteiger charge is -2.17. The van der Waals surface area contributed by atoms with Crippen molar-refractivity contribution in [3.8, 4) is 11.5 Å². The minimum atomic E-state index is -3.03. The number of hydrogen-bond acceptors (Lipinski definition) is 3. The fourth-order valence-corrected chi connectivity index (χ4v) is 3.23. The standard InChI is InChI=1S/C17H21ClNO3P/c1-3-4-13-21-16-11-7-15(8-12-16)19-23(2,20)22-17-9-5-14(18)6-10-17/h5-12H,3-4,13H2,1-2H3,(H,19,20). The Kier molecular flexibility index (Phi) is 6.37. The van der Waals surface area contributed by atoms with Crippen LogP contribution in [-0.4, -0.2) is 13.3 Å². The van der Waals surface area contributed by atoms with Crippen molar-refractivity contribution in [3.05, 3.63) is 53.6 Å². The Morgan fingerprint density at radius 3 is 2.26 bits per heavy atom. The molecule has 0 amide bonds. The topological polar surface area (TPSA) is 47.6 Å². The maximum absolute atomic E-state index is 12.5. The highest BCUT2D eigenvalue weighted by Gasteiger charge is 2.17. The number of nitrogens with one attached hydrogen (secondary N) is 1. The van der Waals surface area contributed by atoms with Crippen LogP contribution in [0.25, 0.3) is 0 Å². The summed E-state index contributed by atoms with van der Waals surface area (Å²) in [5.74, 6) is 1.31. The second-order valence-electron chi connectivity index (χ2n) is 5.23. The van der Waals surface area contributed by atoms with E-state index in [9.17, 15) is 4.57 Å². The van der Waals surface area contributed by atoms with Crippen LogP contribution in [0, 0.1) is 0 Å². The van der Waals surface area contributed by atoms with Crippen molar-refractivity contribution in [1.82, 2.24) is 0 Å². The average Bonchev–Trinajstić information content (AvgIpc) is 2.51. The molecule has 124 valence electrons. The number of hydrogen-bond donors (Lipinski definition) is 1. The zero-order valence-electron chi connectivity index (χ0n) is 13.3. The lowest BCUT2D eigenvalue weighted by atomic mass is 10.3. The third-order valence-corrected chi connectivity index (χ3v) is 4.52. The van der Waals surface area contributed by atoms with Gasteiger partial charge in [-0.25, -0.2) is 0 Å². The first-order valence-corrected chi connectivity index (χ1v) is 9.97. The highest BCUT2D eigenvalue weighted by molar-refractivity contribution is 7.60. The predicted molar refractivity (Wildman–Crippen MR) is 96.1 cm³/mol. The molecule has 0 fully saturated rings. The number of rotatable bonds is 8. The Hall–Kier alpha value is -1.64. The molecule has 4 nitrogen and oxygen atoms in total. The van der Waals surface area contributed by atoms with Gasteiger partial charge in [0.2, 0.25) is 0 Å². The van der Waals surface area contributed by atoms with E-state index in [1.54, 1.807) is 24.3 Å². The van der Waals surface area contributed by atoms with Crippen LogP contribution in [0.15, 0.2) is 48.5 Å². The Bertz CT molecular complexity index is 659. The Morgan fingerprint density at radius 2 is 1.65 bits per heavy atom. The molecule has 23 heavy (non-hydrogen) atoms. The summed E-state index contributed by atoms with van der Waals surface area (Å²) in [6.07, 6.45) is 2.12. The molecule has 0 saturated heterocycles. The maximum atomic E-state index is 12.5. The van der Waals surface area contributed by atoms with Gasteiger partial charge < -0.3 is 14.3 Å². The quantitative estimate of drug-likeness (QED) is 0.479.